The fourth-order valence-electron chi connectivity index (χ4n) is 2.85. The van der Waals surface area contributed by atoms with Crippen LogP contribution in [0.4, 0.5) is 11.4 Å². The van der Waals surface area contributed by atoms with E-state index in [2.05, 4.69) is 19.1 Å². The van der Waals surface area contributed by atoms with Crippen molar-refractivity contribution in [3.05, 3.63) is 53.6 Å². The second-order valence-electron chi connectivity index (χ2n) is 6.36. The number of hydrogen-bond donors (Lipinski definition) is 1. The van der Waals surface area contributed by atoms with E-state index in [1.54, 1.807) is 11.0 Å². The molecule has 1 heterocycles. The topological polar surface area (TPSA) is 55.6 Å². The smallest absolute Gasteiger partial charge is 0.268 e. The van der Waals surface area contributed by atoms with Gasteiger partial charge in [0, 0.05) is 5.69 Å². The van der Waals surface area contributed by atoms with E-state index in [0.717, 1.165) is 11.3 Å². The van der Waals surface area contributed by atoms with Gasteiger partial charge >= 0.3 is 0 Å². The summed E-state index contributed by atoms with van der Waals surface area (Å²) in [7, 11) is 0. The zero-order valence-electron chi connectivity index (χ0n) is 13.7. The predicted octanol–water partition coefficient (Wildman–Crippen LogP) is 3.53. The van der Waals surface area contributed by atoms with Gasteiger partial charge in [-0.05, 0) is 42.2 Å². The largest absolute Gasteiger partial charge is 0.478 e. The first-order valence-electron chi connectivity index (χ1n) is 7.89. The van der Waals surface area contributed by atoms with Crippen molar-refractivity contribution in [2.24, 2.45) is 5.92 Å². The molecule has 2 N–H and O–H groups in total. The van der Waals surface area contributed by atoms with Crippen LogP contribution in [0.25, 0.3) is 0 Å². The minimum Gasteiger partial charge on any atom is -0.478 e. The Labute approximate surface area is 136 Å². The summed E-state index contributed by atoms with van der Waals surface area (Å²) in [6.45, 7) is 6.57. The van der Waals surface area contributed by atoms with Crippen molar-refractivity contribution in [2.75, 3.05) is 10.6 Å². The van der Waals surface area contributed by atoms with E-state index in [-0.39, 0.29) is 11.8 Å². The van der Waals surface area contributed by atoms with Crippen LogP contribution in [0.5, 0.6) is 5.75 Å². The van der Waals surface area contributed by atoms with Crippen LogP contribution < -0.4 is 15.4 Å². The number of nitrogens with two attached hydrogens (primary N) is 1. The molecule has 120 valence electrons. The summed E-state index contributed by atoms with van der Waals surface area (Å²) in [6.07, 6.45) is -0.463. The van der Waals surface area contributed by atoms with Gasteiger partial charge in [0.2, 0.25) is 0 Å². The van der Waals surface area contributed by atoms with Crippen LogP contribution >= 0.6 is 0 Å². The molecule has 0 aromatic heterocycles. The maximum absolute atomic E-state index is 12.9. The lowest BCUT2D eigenvalue weighted by atomic mass is 10.0. The maximum atomic E-state index is 12.9. The van der Waals surface area contributed by atoms with Gasteiger partial charge in [-0.1, -0.05) is 38.1 Å². The van der Waals surface area contributed by atoms with Crippen molar-refractivity contribution in [3.8, 4) is 5.75 Å². The molecule has 0 fully saturated rings. The van der Waals surface area contributed by atoms with Crippen LogP contribution in [0.3, 0.4) is 0 Å². The number of benzene rings is 2. The maximum Gasteiger partial charge on any atom is 0.268 e. The Morgan fingerprint density at radius 1 is 1.22 bits per heavy atom. The summed E-state index contributed by atoms with van der Waals surface area (Å²) in [4.78, 5) is 14.7. The molecule has 1 aliphatic rings. The number of carbonyl (C=O) groups is 1. The first-order valence-corrected chi connectivity index (χ1v) is 7.89. The number of rotatable bonds is 3. The Bertz CT molecular complexity index is 740. The summed E-state index contributed by atoms with van der Waals surface area (Å²) in [5, 5.41) is 0. The summed E-state index contributed by atoms with van der Waals surface area (Å²) >= 11 is 0. The SMILES string of the molecule is Cc1ccccc1CN1C(=O)C(C(C)C)Oc2ccc(N)cc21. The molecule has 2 aromatic carbocycles. The van der Waals surface area contributed by atoms with Crippen LogP contribution in [-0.2, 0) is 11.3 Å². The third-order valence-corrected chi connectivity index (χ3v) is 4.23. The second kappa shape index (κ2) is 5.95. The quantitative estimate of drug-likeness (QED) is 0.882. The highest BCUT2D eigenvalue weighted by Gasteiger charge is 2.36. The lowest BCUT2D eigenvalue weighted by Gasteiger charge is -2.36. The Kier molecular flexibility index (Phi) is 3.99. The number of nitrogens with zero attached hydrogens (tertiary/aromatic N) is 1. The fourth-order valence-corrected chi connectivity index (χ4v) is 2.85. The molecular weight excluding hydrogens is 288 g/mol. The number of nitrogen functional groups attached to an aromatic ring is 1. The summed E-state index contributed by atoms with van der Waals surface area (Å²) in [5.41, 5.74) is 9.57. The first kappa shape index (κ1) is 15.4. The minimum absolute atomic E-state index is 0.0126. The Morgan fingerprint density at radius 3 is 2.65 bits per heavy atom. The molecule has 0 bridgehead atoms. The highest BCUT2D eigenvalue weighted by Crippen LogP contribution is 2.38. The van der Waals surface area contributed by atoms with Gasteiger partial charge in [-0.3, -0.25) is 4.79 Å². The highest BCUT2D eigenvalue weighted by atomic mass is 16.5. The van der Waals surface area contributed by atoms with E-state index in [1.807, 2.05) is 38.1 Å². The van der Waals surface area contributed by atoms with Gasteiger partial charge in [0.05, 0.1) is 12.2 Å². The van der Waals surface area contributed by atoms with Crippen molar-refractivity contribution in [3.63, 3.8) is 0 Å². The molecule has 1 atom stereocenters. The minimum atomic E-state index is -0.463. The van der Waals surface area contributed by atoms with E-state index in [1.165, 1.54) is 5.56 Å². The number of carbonyl (C=O) groups excluding carboxylic acids is 1. The molecule has 0 aliphatic carbocycles. The van der Waals surface area contributed by atoms with Crippen molar-refractivity contribution in [1.29, 1.82) is 0 Å². The van der Waals surface area contributed by atoms with Gasteiger partial charge in [0.15, 0.2) is 6.10 Å². The molecular formula is C19H22N2O2. The van der Waals surface area contributed by atoms with E-state index >= 15 is 0 Å². The molecule has 1 aliphatic heterocycles. The first-order chi connectivity index (χ1) is 11.0. The van der Waals surface area contributed by atoms with Gasteiger partial charge in [-0.25, -0.2) is 0 Å². The zero-order valence-corrected chi connectivity index (χ0v) is 13.7. The Balaban J connectivity index is 2.04. The zero-order chi connectivity index (χ0) is 16.6. The normalized spacial score (nSPS) is 17.1. The number of amides is 1. The van der Waals surface area contributed by atoms with Gasteiger partial charge in [-0.15, -0.1) is 0 Å². The van der Waals surface area contributed by atoms with Crippen LogP contribution in [-0.4, -0.2) is 12.0 Å². The van der Waals surface area contributed by atoms with Crippen molar-refractivity contribution < 1.29 is 9.53 Å². The van der Waals surface area contributed by atoms with E-state index in [4.69, 9.17) is 10.5 Å². The summed E-state index contributed by atoms with van der Waals surface area (Å²) < 4.78 is 5.91. The number of fused-ring (bicyclic) bond motifs is 1. The third-order valence-electron chi connectivity index (χ3n) is 4.23. The molecule has 4 heteroatoms. The monoisotopic (exact) mass is 310 g/mol. The van der Waals surface area contributed by atoms with Crippen LogP contribution in [0.2, 0.25) is 0 Å². The van der Waals surface area contributed by atoms with E-state index in [9.17, 15) is 4.79 Å². The summed E-state index contributed by atoms with van der Waals surface area (Å²) in [6, 6.07) is 13.6. The lowest BCUT2D eigenvalue weighted by molar-refractivity contribution is -0.128. The van der Waals surface area contributed by atoms with Gasteiger partial charge in [0.1, 0.15) is 5.75 Å². The molecule has 3 rings (SSSR count). The lowest BCUT2D eigenvalue weighted by Crippen LogP contribution is -2.48. The Hall–Kier alpha value is -2.49. The van der Waals surface area contributed by atoms with Crippen molar-refractivity contribution in [1.82, 2.24) is 0 Å². The number of aryl methyl sites for hydroxylation is 1. The Morgan fingerprint density at radius 2 is 1.96 bits per heavy atom. The number of anilines is 2. The average Bonchev–Trinajstić information content (AvgIpc) is 2.51. The van der Waals surface area contributed by atoms with Crippen molar-refractivity contribution in [2.45, 2.75) is 33.4 Å². The van der Waals surface area contributed by atoms with Crippen LogP contribution in [0, 0.1) is 12.8 Å². The molecule has 1 amide bonds. The molecule has 1 unspecified atom stereocenters. The molecule has 0 spiro atoms. The molecule has 23 heavy (non-hydrogen) atoms. The molecule has 2 aromatic rings. The summed E-state index contributed by atoms with van der Waals surface area (Å²) in [5.74, 6) is 0.806. The predicted molar refractivity (Wildman–Crippen MR) is 92.5 cm³/mol. The third kappa shape index (κ3) is 2.89. The fraction of sp³-hybridized carbons (Fsp3) is 0.316. The molecule has 0 saturated carbocycles. The second-order valence-corrected chi connectivity index (χ2v) is 6.36. The highest BCUT2D eigenvalue weighted by molar-refractivity contribution is 6.00. The van der Waals surface area contributed by atoms with Crippen LogP contribution in [0.1, 0.15) is 25.0 Å². The molecule has 0 saturated heterocycles. The average molecular weight is 310 g/mol. The van der Waals surface area contributed by atoms with Crippen LogP contribution in [0.15, 0.2) is 42.5 Å². The standard InChI is InChI=1S/C19H22N2O2/c1-12(2)18-19(22)21(11-14-7-5-4-6-13(14)3)16-10-15(20)8-9-17(16)23-18/h4-10,12,18H,11,20H2,1-3H3. The molecule has 0 radical (unpaired) electrons. The molecule has 4 nitrogen and oxygen atoms in total. The number of hydrogen-bond acceptors (Lipinski definition) is 3. The van der Waals surface area contributed by atoms with Gasteiger partial charge in [0.25, 0.3) is 5.91 Å². The van der Waals surface area contributed by atoms with Crippen molar-refractivity contribution >= 4 is 17.3 Å². The van der Waals surface area contributed by atoms with Gasteiger partial charge < -0.3 is 15.4 Å². The van der Waals surface area contributed by atoms with E-state index < -0.39 is 6.10 Å². The van der Waals surface area contributed by atoms with Gasteiger partial charge in [-0.2, -0.15) is 0 Å². The van der Waals surface area contributed by atoms with E-state index in [0.29, 0.717) is 18.0 Å². The number of ether oxygens (including phenoxy) is 1.